The SMILES string of the molecule is CCc1nc2cc(F)c(F)cc2n1-c1cccc2c1OC[C@H]2N(C(=O)C(F)(F)F)c1ccc2c(c1)OC[C@H]2CC(=O)O. The maximum Gasteiger partial charge on any atom is 0.471 e. The number of fused-ring (bicyclic) bond motifs is 3. The van der Waals surface area contributed by atoms with E-state index in [1.165, 1.54) is 24.3 Å². The summed E-state index contributed by atoms with van der Waals surface area (Å²) >= 11 is 0. The van der Waals surface area contributed by atoms with Crippen LogP contribution in [-0.2, 0) is 16.0 Å². The summed E-state index contributed by atoms with van der Waals surface area (Å²) < 4.78 is 83.0. The fraction of sp³-hybridized carbons (Fsp3) is 0.276. The van der Waals surface area contributed by atoms with Gasteiger partial charge in [-0.15, -0.1) is 0 Å². The lowest BCUT2D eigenvalue weighted by atomic mass is 9.97. The number of para-hydroxylation sites is 1. The summed E-state index contributed by atoms with van der Waals surface area (Å²) in [7, 11) is 0. The molecule has 0 spiro atoms. The van der Waals surface area contributed by atoms with E-state index in [4.69, 9.17) is 14.6 Å². The number of rotatable bonds is 6. The van der Waals surface area contributed by atoms with Crippen molar-refractivity contribution in [2.75, 3.05) is 18.1 Å². The minimum absolute atomic E-state index is 0.0418. The molecular formula is C29H22F5N3O5. The first-order valence-corrected chi connectivity index (χ1v) is 13.0. The van der Waals surface area contributed by atoms with Crippen LogP contribution in [0.2, 0.25) is 0 Å². The van der Waals surface area contributed by atoms with Crippen molar-refractivity contribution < 1.29 is 46.1 Å². The van der Waals surface area contributed by atoms with E-state index >= 15 is 0 Å². The summed E-state index contributed by atoms with van der Waals surface area (Å²) in [6.07, 6.45) is -5.09. The molecular weight excluding hydrogens is 565 g/mol. The van der Waals surface area contributed by atoms with Crippen LogP contribution >= 0.6 is 0 Å². The van der Waals surface area contributed by atoms with Crippen LogP contribution in [-0.4, -0.2) is 45.9 Å². The number of aliphatic carboxylic acids is 1. The van der Waals surface area contributed by atoms with Crippen LogP contribution in [0, 0.1) is 11.6 Å². The van der Waals surface area contributed by atoms with Crippen LogP contribution in [0.5, 0.6) is 11.5 Å². The number of nitrogens with zero attached hydrogens (tertiary/aromatic N) is 3. The monoisotopic (exact) mass is 587 g/mol. The van der Waals surface area contributed by atoms with Crippen molar-refractivity contribution in [3.05, 3.63) is 77.1 Å². The summed E-state index contributed by atoms with van der Waals surface area (Å²) in [6, 6.07) is 9.54. The summed E-state index contributed by atoms with van der Waals surface area (Å²) in [5, 5.41) is 9.16. The van der Waals surface area contributed by atoms with Crippen molar-refractivity contribution >= 4 is 28.6 Å². The van der Waals surface area contributed by atoms with Crippen LogP contribution in [0.15, 0.2) is 48.5 Å². The Labute approximate surface area is 234 Å². The molecule has 218 valence electrons. The standard InChI is InChI=1S/C29H22F5N3O5/c1-2-25-35-20-10-18(30)19(31)11-22(20)37(25)21-5-3-4-17-23(13-42-27(17)21)36(28(40)29(32,33)34)15-6-7-16-14(8-26(38)39)12-41-24(16)9-15/h3-7,9-11,14,23H,2,8,12-13H2,1H3,(H,38,39)/t14-,23-/m1/s1. The zero-order valence-electron chi connectivity index (χ0n) is 21.9. The molecule has 0 saturated carbocycles. The number of anilines is 1. The highest BCUT2D eigenvalue weighted by Gasteiger charge is 2.48. The van der Waals surface area contributed by atoms with Gasteiger partial charge in [-0.25, -0.2) is 13.8 Å². The molecule has 8 nitrogen and oxygen atoms in total. The second-order valence-electron chi connectivity index (χ2n) is 10.00. The van der Waals surface area contributed by atoms with E-state index in [1.807, 2.05) is 0 Å². The van der Waals surface area contributed by atoms with Crippen molar-refractivity contribution in [3.63, 3.8) is 0 Å². The highest BCUT2D eigenvalue weighted by atomic mass is 19.4. The van der Waals surface area contributed by atoms with Gasteiger partial charge < -0.3 is 14.6 Å². The van der Waals surface area contributed by atoms with E-state index < -0.39 is 41.6 Å². The Morgan fingerprint density at radius 2 is 1.81 bits per heavy atom. The second kappa shape index (κ2) is 10.00. The van der Waals surface area contributed by atoms with Gasteiger partial charge in [0.2, 0.25) is 0 Å². The maximum absolute atomic E-state index is 14.2. The van der Waals surface area contributed by atoms with E-state index in [2.05, 4.69) is 4.98 Å². The Morgan fingerprint density at radius 3 is 2.52 bits per heavy atom. The molecule has 2 aliphatic heterocycles. The number of carbonyl (C=O) groups excluding carboxylic acids is 1. The first kappa shape index (κ1) is 27.5. The number of halogens is 5. The molecule has 3 heterocycles. The van der Waals surface area contributed by atoms with Gasteiger partial charge >= 0.3 is 18.1 Å². The number of aromatic nitrogens is 2. The summed E-state index contributed by atoms with van der Waals surface area (Å²) in [5.74, 6) is -5.03. The molecule has 2 atom stereocenters. The smallest absolute Gasteiger partial charge is 0.471 e. The van der Waals surface area contributed by atoms with Crippen molar-refractivity contribution in [3.8, 4) is 17.2 Å². The maximum atomic E-state index is 14.2. The number of imidazole rings is 1. The van der Waals surface area contributed by atoms with Gasteiger partial charge in [-0.3, -0.25) is 19.1 Å². The molecule has 1 amide bonds. The number of amides is 1. The first-order chi connectivity index (χ1) is 20.0. The fourth-order valence-electron chi connectivity index (χ4n) is 5.60. The van der Waals surface area contributed by atoms with Crippen LogP contribution in [0.1, 0.15) is 42.3 Å². The molecule has 1 aromatic heterocycles. The van der Waals surface area contributed by atoms with Gasteiger partial charge in [-0.2, -0.15) is 13.2 Å². The Hall–Kier alpha value is -4.68. The average Bonchev–Trinajstić information content (AvgIpc) is 3.64. The van der Waals surface area contributed by atoms with Gasteiger partial charge in [-0.05, 0) is 12.1 Å². The van der Waals surface area contributed by atoms with E-state index in [0.717, 1.165) is 12.1 Å². The number of hydrogen-bond acceptors (Lipinski definition) is 5. The zero-order valence-corrected chi connectivity index (χ0v) is 21.9. The molecule has 0 unspecified atom stereocenters. The Morgan fingerprint density at radius 1 is 1.05 bits per heavy atom. The molecule has 0 fully saturated rings. The van der Waals surface area contributed by atoms with Crippen LogP contribution in [0.4, 0.5) is 27.6 Å². The zero-order chi connectivity index (χ0) is 29.9. The van der Waals surface area contributed by atoms with Crippen molar-refractivity contribution in [2.45, 2.75) is 37.9 Å². The predicted molar refractivity (Wildman–Crippen MR) is 139 cm³/mol. The van der Waals surface area contributed by atoms with Gasteiger partial charge in [0.1, 0.15) is 23.9 Å². The van der Waals surface area contributed by atoms with E-state index in [1.54, 1.807) is 23.6 Å². The molecule has 13 heteroatoms. The van der Waals surface area contributed by atoms with Crippen LogP contribution < -0.4 is 14.4 Å². The quantitative estimate of drug-likeness (QED) is 0.285. The third-order valence-corrected chi connectivity index (χ3v) is 7.44. The molecule has 0 bridgehead atoms. The lowest BCUT2D eigenvalue weighted by Gasteiger charge is -2.29. The number of carbonyl (C=O) groups is 2. The number of aryl methyl sites for hydroxylation is 1. The number of alkyl halides is 3. The first-order valence-electron chi connectivity index (χ1n) is 13.0. The minimum Gasteiger partial charge on any atom is -0.493 e. The Kier molecular flexibility index (Phi) is 6.54. The fourth-order valence-corrected chi connectivity index (χ4v) is 5.60. The highest BCUT2D eigenvalue weighted by molar-refractivity contribution is 5.98. The van der Waals surface area contributed by atoms with E-state index in [9.17, 15) is 31.5 Å². The number of carboxylic acids is 1. The molecule has 6 rings (SSSR count). The summed E-state index contributed by atoms with van der Waals surface area (Å²) in [4.78, 5) is 29.0. The van der Waals surface area contributed by atoms with Crippen molar-refractivity contribution in [1.29, 1.82) is 0 Å². The van der Waals surface area contributed by atoms with E-state index in [0.29, 0.717) is 28.4 Å². The minimum atomic E-state index is -5.23. The topological polar surface area (TPSA) is 93.9 Å². The number of benzene rings is 3. The average molecular weight is 588 g/mol. The Balaban J connectivity index is 1.46. The largest absolute Gasteiger partial charge is 0.493 e. The van der Waals surface area contributed by atoms with Crippen molar-refractivity contribution in [2.24, 2.45) is 0 Å². The Bertz CT molecular complexity index is 1750. The normalized spacial score (nSPS) is 17.5. The lowest BCUT2D eigenvalue weighted by molar-refractivity contribution is -0.171. The molecule has 0 radical (unpaired) electrons. The van der Waals surface area contributed by atoms with E-state index in [-0.39, 0.29) is 53.4 Å². The lowest BCUT2D eigenvalue weighted by Crippen LogP contribution is -2.44. The molecule has 0 aliphatic carbocycles. The highest BCUT2D eigenvalue weighted by Crippen LogP contribution is 2.46. The second-order valence-corrected chi connectivity index (χ2v) is 10.00. The molecule has 0 saturated heterocycles. The molecule has 4 aromatic rings. The molecule has 3 aromatic carbocycles. The number of ether oxygens (including phenoxy) is 2. The third-order valence-electron chi connectivity index (χ3n) is 7.44. The van der Waals surface area contributed by atoms with Gasteiger partial charge in [-0.1, -0.05) is 25.1 Å². The molecule has 42 heavy (non-hydrogen) atoms. The number of hydrogen-bond donors (Lipinski definition) is 1. The number of carboxylic acid groups (broad SMARTS) is 1. The van der Waals surface area contributed by atoms with Gasteiger partial charge in [0, 0.05) is 47.4 Å². The van der Waals surface area contributed by atoms with Gasteiger partial charge in [0.25, 0.3) is 0 Å². The summed E-state index contributed by atoms with van der Waals surface area (Å²) in [6.45, 7) is 1.50. The van der Waals surface area contributed by atoms with Crippen molar-refractivity contribution in [1.82, 2.24) is 9.55 Å². The predicted octanol–water partition coefficient (Wildman–Crippen LogP) is 5.85. The van der Waals surface area contributed by atoms with Crippen LogP contribution in [0.3, 0.4) is 0 Å². The summed E-state index contributed by atoms with van der Waals surface area (Å²) in [5.41, 5.74) is 1.44. The van der Waals surface area contributed by atoms with Crippen LogP contribution in [0.25, 0.3) is 16.7 Å². The molecule has 1 N–H and O–H groups in total. The van der Waals surface area contributed by atoms with Gasteiger partial charge in [0.15, 0.2) is 11.6 Å². The third kappa shape index (κ3) is 4.48. The van der Waals surface area contributed by atoms with Gasteiger partial charge in [0.05, 0.1) is 35.8 Å². The molecule has 2 aliphatic rings.